The van der Waals surface area contributed by atoms with Crippen LogP contribution in [-0.2, 0) is 14.2 Å². The van der Waals surface area contributed by atoms with Gasteiger partial charge in [0.05, 0.1) is 12.6 Å². The van der Waals surface area contributed by atoms with Crippen molar-refractivity contribution in [2.45, 2.75) is 82.6 Å². The van der Waals surface area contributed by atoms with Crippen molar-refractivity contribution in [1.29, 1.82) is 0 Å². The molecule has 1 aliphatic carbocycles. The van der Waals surface area contributed by atoms with Gasteiger partial charge in [0.15, 0.2) is 0 Å². The molecule has 3 N–H and O–H groups in total. The lowest BCUT2D eigenvalue weighted by molar-refractivity contribution is -0.126. The highest BCUT2D eigenvalue weighted by Crippen LogP contribution is 2.66. The molecule has 2 heterocycles. The number of hydrogen-bond donors (Lipinski definition) is 3. The van der Waals surface area contributed by atoms with Gasteiger partial charge in [0, 0.05) is 24.2 Å². The van der Waals surface area contributed by atoms with Crippen molar-refractivity contribution in [3.63, 3.8) is 0 Å². The molecule has 0 bridgehead atoms. The summed E-state index contributed by atoms with van der Waals surface area (Å²) in [6.07, 6.45) is 5.73. The zero-order valence-electron chi connectivity index (χ0n) is 22.4. The molecule has 3 fully saturated rings. The number of fused-ring (bicyclic) bond motifs is 1. The van der Waals surface area contributed by atoms with Gasteiger partial charge in [-0.15, -0.1) is 0 Å². The van der Waals surface area contributed by atoms with Gasteiger partial charge in [-0.3, -0.25) is 19.2 Å². The largest absolute Gasteiger partial charge is 0.346 e. The summed E-state index contributed by atoms with van der Waals surface area (Å²) in [5.74, 6) is -0.603. The van der Waals surface area contributed by atoms with Crippen molar-refractivity contribution < 1.29 is 14.2 Å². The first kappa shape index (κ1) is 27.1. The monoisotopic (exact) mass is 537 g/mol. The molecule has 3 aliphatic rings. The predicted octanol–water partition coefficient (Wildman–Crippen LogP) is 4.53. The number of amides is 2. The number of rotatable bonds is 8. The normalized spacial score (nSPS) is 26.8. The van der Waals surface area contributed by atoms with E-state index in [9.17, 15) is 9.59 Å². The van der Waals surface area contributed by atoms with Crippen LogP contribution in [0.25, 0.3) is 0 Å². The quantitative estimate of drug-likeness (QED) is 0.429. The Morgan fingerprint density at radius 3 is 1.87 bits per heavy atom. The van der Waals surface area contributed by atoms with Crippen molar-refractivity contribution >= 4 is 19.4 Å². The Morgan fingerprint density at radius 2 is 1.39 bits per heavy atom. The van der Waals surface area contributed by atoms with Crippen LogP contribution in [0, 0.1) is 0 Å². The number of carbonyl (C=O) groups is 2. The highest BCUT2D eigenvalue weighted by atomic mass is 31.2. The summed E-state index contributed by atoms with van der Waals surface area (Å²) in [5, 5.41) is 8.91. The van der Waals surface area contributed by atoms with Crippen LogP contribution in [0.15, 0.2) is 60.7 Å². The van der Waals surface area contributed by atoms with E-state index in [1.54, 1.807) is 0 Å². The summed E-state index contributed by atoms with van der Waals surface area (Å²) in [4.78, 5) is 25.9. The summed E-state index contributed by atoms with van der Waals surface area (Å²) < 4.78 is 19.6. The maximum absolute atomic E-state index is 15.4. The van der Waals surface area contributed by atoms with Crippen molar-refractivity contribution in [2.75, 3.05) is 13.1 Å². The van der Waals surface area contributed by atoms with Crippen molar-refractivity contribution in [1.82, 2.24) is 25.1 Å². The molecule has 204 valence electrons. The fraction of sp³-hybridized carbons (Fsp3) is 0.517. The molecule has 2 aliphatic heterocycles. The van der Waals surface area contributed by atoms with Crippen LogP contribution in [0.4, 0.5) is 0 Å². The number of benzene rings is 2. The molecule has 5 atom stereocenters. The van der Waals surface area contributed by atoms with Crippen LogP contribution in [0.5, 0.6) is 0 Å². The Labute approximate surface area is 226 Å². The molecule has 0 radical (unpaired) electrons. The summed E-state index contributed by atoms with van der Waals surface area (Å²) in [5.41, 5.74) is 2.14. The van der Waals surface area contributed by atoms with E-state index >= 15 is 4.57 Å². The first-order valence-electron chi connectivity index (χ1n) is 14.0. The lowest BCUT2D eigenvalue weighted by Crippen LogP contribution is -2.46. The molecule has 2 aromatic carbocycles. The highest BCUT2D eigenvalue weighted by molar-refractivity contribution is 7.58. The molecule has 1 saturated carbocycles. The first-order valence-corrected chi connectivity index (χ1v) is 15.6. The SMILES string of the molecule is C[C@H](c1ccccc1)N1[C@H]2CCCC[C@@H]2N([C@H](C)c2ccccc2)P1(=O)NC(=O)CNC(=O)[C@H]1CCCN1. The van der Waals surface area contributed by atoms with E-state index in [1.165, 1.54) is 0 Å². The fourth-order valence-electron chi connectivity index (χ4n) is 6.56. The minimum Gasteiger partial charge on any atom is -0.346 e. The Kier molecular flexibility index (Phi) is 8.34. The van der Waals surface area contributed by atoms with E-state index < -0.39 is 13.5 Å². The number of nitrogens with one attached hydrogen (secondary N) is 3. The highest BCUT2D eigenvalue weighted by Gasteiger charge is 2.59. The number of hydrogen-bond acceptors (Lipinski definition) is 4. The minimum atomic E-state index is -3.58. The Morgan fingerprint density at radius 1 is 0.868 bits per heavy atom. The number of carbonyl (C=O) groups excluding carboxylic acids is 2. The van der Waals surface area contributed by atoms with Gasteiger partial charge < -0.3 is 10.6 Å². The smallest absolute Gasteiger partial charge is 0.312 e. The zero-order valence-corrected chi connectivity index (χ0v) is 23.3. The zero-order chi connectivity index (χ0) is 26.7. The second-order valence-corrected chi connectivity index (χ2v) is 13.0. The summed E-state index contributed by atoms with van der Waals surface area (Å²) in [6.45, 7) is 4.78. The van der Waals surface area contributed by atoms with Crippen LogP contribution in [0.2, 0.25) is 0 Å². The molecule has 38 heavy (non-hydrogen) atoms. The van der Waals surface area contributed by atoms with Gasteiger partial charge in [-0.1, -0.05) is 73.5 Å². The lowest BCUT2D eigenvalue weighted by atomic mass is 9.88. The third-order valence-corrected chi connectivity index (χ3v) is 11.5. The molecule has 5 rings (SSSR count). The van der Waals surface area contributed by atoms with Crippen molar-refractivity contribution in [2.24, 2.45) is 0 Å². The van der Waals surface area contributed by atoms with Crippen LogP contribution < -0.4 is 15.7 Å². The molecule has 2 saturated heterocycles. The summed E-state index contributed by atoms with van der Waals surface area (Å²) >= 11 is 0. The second kappa shape index (κ2) is 11.7. The Bertz CT molecular complexity index is 1090. The van der Waals surface area contributed by atoms with Gasteiger partial charge in [0.2, 0.25) is 11.8 Å². The molecule has 2 aromatic rings. The molecular formula is C29H40N5O3P. The summed E-state index contributed by atoms with van der Waals surface area (Å²) in [6, 6.07) is 19.8. The van der Waals surface area contributed by atoms with Crippen LogP contribution in [0.1, 0.15) is 75.6 Å². The lowest BCUT2D eigenvalue weighted by Gasteiger charge is -2.38. The van der Waals surface area contributed by atoms with E-state index in [2.05, 4.69) is 63.2 Å². The van der Waals surface area contributed by atoms with E-state index in [4.69, 9.17) is 0 Å². The standard InChI is InChI=1S/C29H40N5O3P/c1-21(23-12-5-3-6-13-23)33-26-17-9-10-18-27(26)34(22(2)24-14-7-4-8-15-24)38(33,37)32-28(35)20-31-29(36)25-16-11-19-30-25/h3-8,12-15,21-22,25-27,30H,9-11,16-20H2,1-2H3,(H,31,36)(H,32,35,37)/t21-,22-,25-,26+,27+/m1/s1. The van der Waals surface area contributed by atoms with Gasteiger partial charge in [-0.25, -0.2) is 9.34 Å². The van der Waals surface area contributed by atoms with Crippen LogP contribution in [-0.4, -0.2) is 52.4 Å². The average Bonchev–Trinajstić information content (AvgIpc) is 3.57. The Hall–Kier alpha value is -2.51. The van der Waals surface area contributed by atoms with Gasteiger partial charge in [-0.05, 0) is 57.2 Å². The van der Waals surface area contributed by atoms with Crippen LogP contribution in [0.3, 0.4) is 0 Å². The predicted molar refractivity (Wildman–Crippen MR) is 149 cm³/mol. The van der Waals surface area contributed by atoms with E-state index in [0.717, 1.165) is 56.2 Å². The van der Waals surface area contributed by atoms with Crippen molar-refractivity contribution in [3.05, 3.63) is 71.8 Å². The van der Waals surface area contributed by atoms with Crippen LogP contribution >= 0.6 is 7.59 Å². The maximum Gasteiger partial charge on any atom is 0.312 e. The third kappa shape index (κ3) is 5.32. The molecular weight excluding hydrogens is 497 g/mol. The molecule has 0 spiro atoms. The number of nitrogens with zero attached hydrogens (tertiary/aromatic N) is 2. The Balaban J connectivity index is 1.47. The van der Waals surface area contributed by atoms with E-state index in [0.29, 0.717) is 0 Å². The fourth-order valence-corrected chi connectivity index (χ4v) is 9.98. The van der Waals surface area contributed by atoms with Gasteiger partial charge in [-0.2, -0.15) is 0 Å². The molecule has 9 heteroatoms. The second-order valence-electron chi connectivity index (χ2n) is 10.8. The first-order chi connectivity index (χ1) is 18.4. The summed E-state index contributed by atoms with van der Waals surface area (Å²) in [7, 11) is -3.58. The van der Waals surface area contributed by atoms with E-state index in [1.807, 2.05) is 36.4 Å². The molecule has 0 unspecified atom stereocenters. The topological polar surface area (TPSA) is 93.8 Å². The van der Waals surface area contributed by atoms with E-state index in [-0.39, 0.29) is 42.7 Å². The van der Waals surface area contributed by atoms with Gasteiger partial charge in [0.25, 0.3) is 0 Å². The van der Waals surface area contributed by atoms with Gasteiger partial charge in [0.1, 0.15) is 0 Å². The average molecular weight is 538 g/mol. The molecule has 0 aromatic heterocycles. The van der Waals surface area contributed by atoms with Crippen molar-refractivity contribution in [3.8, 4) is 0 Å². The molecule has 2 amide bonds. The molecule has 8 nitrogen and oxygen atoms in total. The maximum atomic E-state index is 15.4. The minimum absolute atomic E-state index is 0.0635. The van der Waals surface area contributed by atoms with Gasteiger partial charge >= 0.3 is 7.59 Å². The third-order valence-electron chi connectivity index (χ3n) is 8.43.